The summed E-state index contributed by atoms with van der Waals surface area (Å²) in [6.45, 7) is 4.43. The fourth-order valence-electron chi connectivity index (χ4n) is 1.24. The maximum atomic E-state index is 11.7. The number of nitriles is 1. The zero-order valence-electron chi connectivity index (χ0n) is 10.4. The largest absolute Gasteiger partial charge is 0.325 e. The Morgan fingerprint density at radius 1 is 1.41 bits per heavy atom. The number of amides is 1. The average molecular weight is 231 g/mol. The first-order valence-corrected chi connectivity index (χ1v) is 5.53. The summed E-state index contributed by atoms with van der Waals surface area (Å²) < 4.78 is 0. The first-order valence-electron chi connectivity index (χ1n) is 5.53. The SMILES string of the molecule is CC(C)N(C)CC(=O)Nc1ccc(C#N)cc1. The Morgan fingerprint density at radius 3 is 2.47 bits per heavy atom. The Bertz CT molecular complexity index is 417. The van der Waals surface area contributed by atoms with Gasteiger partial charge in [-0.25, -0.2) is 0 Å². The summed E-state index contributed by atoms with van der Waals surface area (Å²) in [7, 11) is 1.91. The zero-order chi connectivity index (χ0) is 12.8. The molecule has 0 heterocycles. The topological polar surface area (TPSA) is 56.1 Å². The standard InChI is InChI=1S/C13H17N3O/c1-10(2)16(3)9-13(17)15-12-6-4-11(8-14)5-7-12/h4-7,10H,9H2,1-3H3,(H,15,17). The summed E-state index contributed by atoms with van der Waals surface area (Å²) in [6, 6.07) is 9.19. The van der Waals surface area contributed by atoms with Crippen molar-refractivity contribution in [3.63, 3.8) is 0 Å². The summed E-state index contributed by atoms with van der Waals surface area (Å²) in [5.41, 5.74) is 1.30. The minimum atomic E-state index is -0.0501. The Morgan fingerprint density at radius 2 is 2.00 bits per heavy atom. The van der Waals surface area contributed by atoms with Crippen LogP contribution in [0.5, 0.6) is 0 Å². The van der Waals surface area contributed by atoms with Crippen LogP contribution in [-0.4, -0.2) is 30.4 Å². The zero-order valence-corrected chi connectivity index (χ0v) is 10.4. The molecule has 0 aliphatic heterocycles. The number of carbonyl (C=O) groups excluding carboxylic acids is 1. The first-order chi connectivity index (χ1) is 8.02. The van der Waals surface area contributed by atoms with E-state index >= 15 is 0 Å². The van der Waals surface area contributed by atoms with Crippen LogP contribution in [-0.2, 0) is 4.79 Å². The summed E-state index contributed by atoms with van der Waals surface area (Å²) in [5.74, 6) is -0.0501. The van der Waals surface area contributed by atoms with Crippen molar-refractivity contribution in [3.8, 4) is 6.07 Å². The van der Waals surface area contributed by atoms with Crippen LogP contribution in [0, 0.1) is 11.3 Å². The van der Waals surface area contributed by atoms with E-state index in [0.29, 0.717) is 23.8 Å². The normalized spacial score (nSPS) is 10.4. The van der Waals surface area contributed by atoms with E-state index in [1.54, 1.807) is 24.3 Å². The minimum Gasteiger partial charge on any atom is -0.325 e. The molecular weight excluding hydrogens is 214 g/mol. The molecule has 4 heteroatoms. The summed E-state index contributed by atoms with van der Waals surface area (Å²) in [5, 5.41) is 11.4. The van der Waals surface area contributed by atoms with Crippen LogP contribution >= 0.6 is 0 Å². The third kappa shape index (κ3) is 4.25. The van der Waals surface area contributed by atoms with Gasteiger partial charge in [0.25, 0.3) is 0 Å². The number of hydrogen-bond donors (Lipinski definition) is 1. The second-order valence-electron chi connectivity index (χ2n) is 4.25. The summed E-state index contributed by atoms with van der Waals surface area (Å²) in [4.78, 5) is 13.6. The molecule has 0 radical (unpaired) electrons. The van der Waals surface area contributed by atoms with Crippen molar-refractivity contribution >= 4 is 11.6 Å². The first kappa shape index (κ1) is 13.2. The fourth-order valence-corrected chi connectivity index (χ4v) is 1.24. The molecule has 0 aliphatic carbocycles. The van der Waals surface area contributed by atoms with E-state index in [1.807, 2.05) is 31.9 Å². The second kappa shape index (κ2) is 6.02. The average Bonchev–Trinajstić information content (AvgIpc) is 2.29. The Kier molecular flexibility index (Phi) is 4.68. The van der Waals surface area contributed by atoms with Crippen molar-refractivity contribution < 1.29 is 4.79 Å². The number of likely N-dealkylation sites (N-methyl/N-ethyl adjacent to an activating group) is 1. The summed E-state index contributed by atoms with van der Waals surface area (Å²) >= 11 is 0. The van der Waals surface area contributed by atoms with Crippen molar-refractivity contribution in [1.29, 1.82) is 5.26 Å². The van der Waals surface area contributed by atoms with Crippen LogP contribution in [0.4, 0.5) is 5.69 Å². The van der Waals surface area contributed by atoms with Gasteiger partial charge < -0.3 is 5.32 Å². The molecule has 0 aliphatic rings. The van der Waals surface area contributed by atoms with Gasteiger partial charge in [0.2, 0.25) is 5.91 Å². The quantitative estimate of drug-likeness (QED) is 0.860. The van der Waals surface area contributed by atoms with E-state index in [9.17, 15) is 4.79 Å². The lowest BCUT2D eigenvalue weighted by atomic mass is 10.2. The fraction of sp³-hybridized carbons (Fsp3) is 0.385. The lowest BCUT2D eigenvalue weighted by molar-refractivity contribution is -0.117. The highest BCUT2D eigenvalue weighted by Gasteiger charge is 2.09. The molecule has 1 aromatic rings. The molecule has 17 heavy (non-hydrogen) atoms. The van der Waals surface area contributed by atoms with Gasteiger partial charge in [-0.05, 0) is 45.2 Å². The molecule has 4 nitrogen and oxygen atoms in total. The molecule has 1 amide bonds. The van der Waals surface area contributed by atoms with Crippen LogP contribution in [0.3, 0.4) is 0 Å². The number of rotatable bonds is 4. The van der Waals surface area contributed by atoms with Gasteiger partial charge in [0, 0.05) is 11.7 Å². The van der Waals surface area contributed by atoms with E-state index < -0.39 is 0 Å². The third-order valence-corrected chi connectivity index (χ3v) is 2.57. The van der Waals surface area contributed by atoms with E-state index in [2.05, 4.69) is 5.32 Å². The molecule has 1 rings (SSSR count). The van der Waals surface area contributed by atoms with Gasteiger partial charge in [-0.15, -0.1) is 0 Å². The Labute approximate surface area is 102 Å². The van der Waals surface area contributed by atoms with E-state index in [1.165, 1.54) is 0 Å². The van der Waals surface area contributed by atoms with Crippen LogP contribution in [0.25, 0.3) is 0 Å². The molecule has 0 unspecified atom stereocenters. The molecule has 1 N–H and O–H groups in total. The Balaban J connectivity index is 2.54. The van der Waals surface area contributed by atoms with E-state index in [4.69, 9.17) is 5.26 Å². The van der Waals surface area contributed by atoms with E-state index in [0.717, 1.165) is 0 Å². The Hall–Kier alpha value is -1.86. The second-order valence-corrected chi connectivity index (χ2v) is 4.25. The molecule has 90 valence electrons. The van der Waals surface area contributed by atoms with Gasteiger partial charge in [0.05, 0.1) is 18.2 Å². The maximum absolute atomic E-state index is 11.7. The number of benzene rings is 1. The highest BCUT2D eigenvalue weighted by Crippen LogP contribution is 2.08. The molecule has 0 spiro atoms. The monoisotopic (exact) mass is 231 g/mol. The minimum absolute atomic E-state index is 0.0501. The predicted octanol–water partition coefficient (Wildman–Crippen LogP) is 1.84. The lowest BCUT2D eigenvalue weighted by Gasteiger charge is -2.20. The van der Waals surface area contributed by atoms with Gasteiger partial charge in [-0.2, -0.15) is 5.26 Å². The number of anilines is 1. The van der Waals surface area contributed by atoms with Gasteiger partial charge in [0.15, 0.2) is 0 Å². The van der Waals surface area contributed by atoms with Gasteiger partial charge in [-0.3, -0.25) is 9.69 Å². The molecule has 0 saturated carbocycles. The smallest absolute Gasteiger partial charge is 0.238 e. The van der Waals surface area contributed by atoms with Crippen LogP contribution in [0.15, 0.2) is 24.3 Å². The lowest BCUT2D eigenvalue weighted by Crippen LogP contribution is -2.34. The molecule has 0 saturated heterocycles. The van der Waals surface area contributed by atoms with Crippen LogP contribution < -0.4 is 5.32 Å². The molecule has 1 aromatic carbocycles. The van der Waals surface area contributed by atoms with Gasteiger partial charge >= 0.3 is 0 Å². The van der Waals surface area contributed by atoms with Crippen LogP contribution in [0.1, 0.15) is 19.4 Å². The highest BCUT2D eigenvalue weighted by atomic mass is 16.2. The number of nitrogens with zero attached hydrogens (tertiary/aromatic N) is 2. The van der Waals surface area contributed by atoms with Crippen molar-refractivity contribution in [1.82, 2.24) is 4.90 Å². The van der Waals surface area contributed by atoms with Crippen LogP contribution in [0.2, 0.25) is 0 Å². The molecule has 0 atom stereocenters. The van der Waals surface area contributed by atoms with E-state index in [-0.39, 0.29) is 5.91 Å². The predicted molar refractivity (Wildman–Crippen MR) is 67.6 cm³/mol. The van der Waals surface area contributed by atoms with Gasteiger partial charge in [0.1, 0.15) is 0 Å². The van der Waals surface area contributed by atoms with Crippen molar-refractivity contribution in [2.45, 2.75) is 19.9 Å². The summed E-state index contributed by atoms with van der Waals surface area (Å²) in [6.07, 6.45) is 0. The number of hydrogen-bond acceptors (Lipinski definition) is 3. The molecule has 0 bridgehead atoms. The number of carbonyl (C=O) groups is 1. The number of nitrogens with one attached hydrogen (secondary N) is 1. The molecular formula is C13H17N3O. The maximum Gasteiger partial charge on any atom is 0.238 e. The van der Waals surface area contributed by atoms with Crippen molar-refractivity contribution in [2.24, 2.45) is 0 Å². The highest BCUT2D eigenvalue weighted by molar-refractivity contribution is 5.92. The van der Waals surface area contributed by atoms with Crippen molar-refractivity contribution in [2.75, 3.05) is 18.9 Å². The molecule has 0 aromatic heterocycles. The van der Waals surface area contributed by atoms with Gasteiger partial charge in [-0.1, -0.05) is 0 Å². The molecule has 0 fully saturated rings. The third-order valence-electron chi connectivity index (χ3n) is 2.57. The van der Waals surface area contributed by atoms with Crippen molar-refractivity contribution in [3.05, 3.63) is 29.8 Å².